The van der Waals surface area contributed by atoms with E-state index in [0.29, 0.717) is 5.69 Å². The molecule has 1 aliphatic carbocycles. The van der Waals surface area contributed by atoms with Gasteiger partial charge < -0.3 is 15.5 Å². The highest BCUT2D eigenvalue weighted by molar-refractivity contribution is 5.91. The van der Waals surface area contributed by atoms with Crippen LogP contribution in [0.3, 0.4) is 0 Å². The smallest absolute Gasteiger partial charge is 0.319 e. The van der Waals surface area contributed by atoms with Gasteiger partial charge in [-0.25, -0.2) is 4.79 Å². The molecule has 0 aromatic heterocycles. The van der Waals surface area contributed by atoms with Gasteiger partial charge in [0.2, 0.25) is 5.91 Å². The van der Waals surface area contributed by atoms with Gasteiger partial charge in [-0.15, -0.1) is 0 Å². The van der Waals surface area contributed by atoms with Crippen molar-refractivity contribution in [3.8, 4) is 0 Å². The molecule has 1 saturated carbocycles. The third kappa shape index (κ3) is 4.48. The van der Waals surface area contributed by atoms with Crippen LogP contribution in [-0.2, 0) is 11.2 Å². The van der Waals surface area contributed by atoms with E-state index >= 15 is 0 Å². The summed E-state index contributed by atoms with van der Waals surface area (Å²) >= 11 is 0. The highest BCUT2D eigenvalue weighted by Crippen LogP contribution is 2.19. The number of carbonyl (C=O) groups excluding carboxylic acids is 2. The first kappa shape index (κ1) is 15.4. The fourth-order valence-electron chi connectivity index (χ4n) is 2.53. The second-order valence-corrected chi connectivity index (χ2v) is 5.70. The van der Waals surface area contributed by atoms with Crippen molar-refractivity contribution in [2.24, 2.45) is 0 Å². The number of rotatable bonds is 4. The van der Waals surface area contributed by atoms with E-state index < -0.39 is 0 Å². The van der Waals surface area contributed by atoms with E-state index in [2.05, 4.69) is 10.6 Å². The molecule has 0 atom stereocenters. The number of hydrogen-bond acceptors (Lipinski definition) is 2. The molecule has 21 heavy (non-hydrogen) atoms. The van der Waals surface area contributed by atoms with Gasteiger partial charge >= 0.3 is 6.03 Å². The van der Waals surface area contributed by atoms with Crippen LogP contribution >= 0.6 is 0 Å². The lowest BCUT2D eigenvalue weighted by molar-refractivity contribution is -0.127. The first-order chi connectivity index (χ1) is 10.1. The van der Waals surface area contributed by atoms with Crippen molar-refractivity contribution in [3.63, 3.8) is 0 Å². The minimum Gasteiger partial charge on any atom is -0.349 e. The maximum absolute atomic E-state index is 12.0. The molecule has 1 aromatic rings. The van der Waals surface area contributed by atoms with Crippen molar-refractivity contribution in [1.29, 1.82) is 0 Å². The Balaban J connectivity index is 1.98. The molecule has 0 heterocycles. The summed E-state index contributed by atoms with van der Waals surface area (Å²) in [6.07, 6.45) is 4.74. The molecule has 2 rings (SSSR count). The van der Waals surface area contributed by atoms with Crippen LogP contribution < -0.4 is 10.6 Å². The first-order valence-electron chi connectivity index (χ1n) is 7.42. The van der Waals surface area contributed by atoms with E-state index in [1.54, 1.807) is 19.0 Å². The molecule has 1 fully saturated rings. The lowest BCUT2D eigenvalue weighted by atomic mass is 10.1. The van der Waals surface area contributed by atoms with E-state index in [0.717, 1.165) is 18.4 Å². The number of likely N-dealkylation sites (N-methyl/N-ethyl adjacent to an activating group) is 1. The molecule has 1 aromatic carbocycles. The molecule has 0 spiro atoms. The Morgan fingerprint density at radius 2 is 1.86 bits per heavy atom. The Hall–Kier alpha value is -2.04. The van der Waals surface area contributed by atoms with Gasteiger partial charge in [-0.2, -0.15) is 0 Å². The number of amides is 3. The van der Waals surface area contributed by atoms with Crippen LogP contribution in [0.5, 0.6) is 0 Å². The zero-order valence-electron chi connectivity index (χ0n) is 12.7. The number of urea groups is 1. The Morgan fingerprint density at radius 3 is 2.52 bits per heavy atom. The van der Waals surface area contributed by atoms with E-state index in [1.807, 2.05) is 24.3 Å². The normalized spacial score (nSPS) is 14.8. The average Bonchev–Trinajstić information content (AvgIpc) is 2.93. The predicted octanol–water partition coefficient (Wildman–Crippen LogP) is 2.38. The zero-order valence-corrected chi connectivity index (χ0v) is 12.7. The zero-order chi connectivity index (χ0) is 15.2. The summed E-state index contributed by atoms with van der Waals surface area (Å²) in [7, 11) is 3.45. The molecule has 0 aliphatic heterocycles. The summed E-state index contributed by atoms with van der Waals surface area (Å²) in [5.41, 5.74) is 1.53. The molecule has 0 bridgehead atoms. The predicted molar refractivity (Wildman–Crippen MR) is 83.3 cm³/mol. The van der Waals surface area contributed by atoms with Gasteiger partial charge in [-0.05, 0) is 24.5 Å². The van der Waals surface area contributed by atoms with Crippen LogP contribution in [0.2, 0.25) is 0 Å². The van der Waals surface area contributed by atoms with Crippen LogP contribution in [0.25, 0.3) is 0 Å². The molecule has 0 saturated heterocycles. The molecule has 0 radical (unpaired) electrons. The average molecular weight is 289 g/mol. The molecule has 1 aliphatic rings. The Bertz CT molecular complexity index is 508. The van der Waals surface area contributed by atoms with Crippen molar-refractivity contribution < 1.29 is 9.59 Å². The third-order valence-corrected chi connectivity index (χ3v) is 3.80. The standard InChI is InChI=1S/C16H23N3O2/c1-19(2)15(20)11-12-7-3-6-10-14(12)18-16(21)17-13-8-4-5-9-13/h3,6-7,10,13H,4-5,8-9,11H2,1-2H3,(H2,17,18,21). The maximum Gasteiger partial charge on any atom is 0.319 e. The number of anilines is 1. The number of hydrogen-bond donors (Lipinski definition) is 2. The minimum atomic E-state index is -0.188. The Kier molecular flexibility index (Phi) is 5.20. The third-order valence-electron chi connectivity index (χ3n) is 3.80. The fraction of sp³-hybridized carbons (Fsp3) is 0.500. The maximum atomic E-state index is 12.0. The Labute approximate surface area is 125 Å². The van der Waals surface area contributed by atoms with E-state index in [1.165, 1.54) is 12.8 Å². The van der Waals surface area contributed by atoms with Crippen molar-refractivity contribution in [2.75, 3.05) is 19.4 Å². The topological polar surface area (TPSA) is 61.4 Å². The number of benzene rings is 1. The number of nitrogens with one attached hydrogen (secondary N) is 2. The van der Waals surface area contributed by atoms with Crippen LogP contribution in [0.1, 0.15) is 31.2 Å². The lowest BCUT2D eigenvalue weighted by Gasteiger charge is -2.16. The van der Waals surface area contributed by atoms with Crippen LogP contribution in [0.15, 0.2) is 24.3 Å². The van der Waals surface area contributed by atoms with Crippen molar-refractivity contribution in [3.05, 3.63) is 29.8 Å². The summed E-state index contributed by atoms with van der Waals surface area (Å²) in [6.45, 7) is 0. The highest BCUT2D eigenvalue weighted by Gasteiger charge is 2.18. The van der Waals surface area contributed by atoms with Gasteiger partial charge in [-0.1, -0.05) is 31.0 Å². The van der Waals surface area contributed by atoms with Crippen molar-refractivity contribution >= 4 is 17.6 Å². The largest absolute Gasteiger partial charge is 0.349 e. The van der Waals surface area contributed by atoms with Crippen LogP contribution in [0.4, 0.5) is 10.5 Å². The van der Waals surface area contributed by atoms with E-state index in [-0.39, 0.29) is 24.4 Å². The molecule has 2 N–H and O–H groups in total. The van der Waals surface area contributed by atoms with Gasteiger partial charge in [0.1, 0.15) is 0 Å². The molecule has 3 amide bonds. The first-order valence-corrected chi connectivity index (χ1v) is 7.42. The molecular weight excluding hydrogens is 266 g/mol. The quantitative estimate of drug-likeness (QED) is 0.894. The van der Waals surface area contributed by atoms with Crippen molar-refractivity contribution in [2.45, 2.75) is 38.1 Å². The van der Waals surface area contributed by atoms with Gasteiger partial charge in [-0.3, -0.25) is 4.79 Å². The summed E-state index contributed by atoms with van der Waals surface area (Å²) in [6, 6.07) is 7.51. The summed E-state index contributed by atoms with van der Waals surface area (Å²) in [5, 5.41) is 5.85. The van der Waals surface area contributed by atoms with Gasteiger partial charge in [0.15, 0.2) is 0 Å². The highest BCUT2D eigenvalue weighted by atomic mass is 16.2. The molecule has 114 valence electrons. The van der Waals surface area contributed by atoms with E-state index in [9.17, 15) is 9.59 Å². The minimum absolute atomic E-state index is 0.0143. The molecule has 5 heteroatoms. The van der Waals surface area contributed by atoms with Gasteiger partial charge in [0.05, 0.1) is 6.42 Å². The molecule has 0 unspecified atom stereocenters. The summed E-state index contributed by atoms with van der Waals surface area (Å²) < 4.78 is 0. The summed E-state index contributed by atoms with van der Waals surface area (Å²) in [4.78, 5) is 25.4. The summed E-state index contributed by atoms with van der Waals surface area (Å²) in [5.74, 6) is 0.0143. The van der Waals surface area contributed by atoms with Crippen molar-refractivity contribution in [1.82, 2.24) is 10.2 Å². The second kappa shape index (κ2) is 7.11. The lowest BCUT2D eigenvalue weighted by Crippen LogP contribution is -2.36. The molecule has 5 nitrogen and oxygen atoms in total. The van der Waals surface area contributed by atoms with Gasteiger partial charge in [0.25, 0.3) is 0 Å². The van der Waals surface area contributed by atoms with Crippen LogP contribution in [-0.4, -0.2) is 37.0 Å². The number of nitrogens with zero attached hydrogens (tertiary/aromatic N) is 1. The fourth-order valence-corrected chi connectivity index (χ4v) is 2.53. The Morgan fingerprint density at radius 1 is 1.19 bits per heavy atom. The SMILES string of the molecule is CN(C)C(=O)Cc1ccccc1NC(=O)NC1CCCC1. The second-order valence-electron chi connectivity index (χ2n) is 5.70. The number of carbonyl (C=O) groups is 2. The number of para-hydroxylation sites is 1. The van der Waals surface area contributed by atoms with Gasteiger partial charge in [0, 0.05) is 25.8 Å². The van der Waals surface area contributed by atoms with E-state index in [4.69, 9.17) is 0 Å². The molecular formula is C16H23N3O2. The van der Waals surface area contributed by atoms with Crippen LogP contribution in [0, 0.1) is 0 Å². The monoisotopic (exact) mass is 289 g/mol.